The first kappa shape index (κ1) is 14.4. The maximum absolute atomic E-state index is 11.6. The lowest BCUT2D eigenvalue weighted by molar-refractivity contribution is -0.128. The molecule has 1 aromatic carbocycles. The highest BCUT2D eigenvalue weighted by Gasteiger charge is 2.10. The van der Waals surface area contributed by atoms with E-state index in [-0.39, 0.29) is 5.91 Å². The summed E-state index contributed by atoms with van der Waals surface area (Å²) in [6.07, 6.45) is 1.58. The summed E-state index contributed by atoms with van der Waals surface area (Å²) in [5.41, 5.74) is 7.64. The first-order chi connectivity index (χ1) is 8.54. The van der Waals surface area contributed by atoms with E-state index in [0.29, 0.717) is 6.42 Å². The summed E-state index contributed by atoms with van der Waals surface area (Å²) in [7, 11) is 3.57. The van der Waals surface area contributed by atoms with Gasteiger partial charge in [0, 0.05) is 45.0 Å². The van der Waals surface area contributed by atoms with Gasteiger partial charge in [0.1, 0.15) is 0 Å². The van der Waals surface area contributed by atoms with Crippen molar-refractivity contribution in [2.75, 3.05) is 37.8 Å². The molecule has 4 heteroatoms. The second-order valence-electron chi connectivity index (χ2n) is 4.62. The van der Waals surface area contributed by atoms with E-state index in [2.05, 4.69) is 11.8 Å². The number of carbonyl (C=O) groups excluding carboxylic acids is 1. The number of nitrogen functional groups attached to an aromatic ring is 1. The van der Waals surface area contributed by atoms with Crippen LogP contribution in [0.3, 0.4) is 0 Å². The summed E-state index contributed by atoms with van der Waals surface area (Å²) in [5, 5.41) is 0. The molecule has 0 spiro atoms. The predicted octanol–water partition coefficient (Wildman–Crippen LogP) is 1.96. The van der Waals surface area contributed by atoms with E-state index in [1.807, 2.05) is 24.3 Å². The van der Waals surface area contributed by atoms with Crippen LogP contribution in [0, 0.1) is 0 Å². The molecule has 0 aliphatic heterocycles. The summed E-state index contributed by atoms with van der Waals surface area (Å²) in [4.78, 5) is 15.5. The SMILES string of the molecule is CCCN(CCC(=O)N(C)C)c1cccc(N)c1. The van der Waals surface area contributed by atoms with Crippen molar-refractivity contribution in [3.8, 4) is 0 Å². The van der Waals surface area contributed by atoms with Crippen LogP contribution in [0.4, 0.5) is 11.4 Å². The number of benzene rings is 1. The van der Waals surface area contributed by atoms with Crippen molar-refractivity contribution in [2.45, 2.75) is 19.8 Å². The molecule has 0 atom stereocenters. The molecule has 2 N–H and O–H groups in total. The molecule has 1 amide bonds. The van der Waals surface area contributed by atoms with Crippen molar-refractivity contribution >= 4 is 17.3 Å². The van der Waals surface area contributed by atoms with Crippen LogP contribution < -0.4 is 10.6 Å². The van der Waals surface area contributed by atoms with Crippen LogP contribution in [0.25, 0.3) is 0 Å². The first-order valence-electron chi connectivity index (χ1n) is 6.35. The molecule has 0 bridgehead atoms. The molecule has 0 fully saturated rings. The molecule has 0 aliphatic carbocycles. The molecule has 4 nitrogen and oxygen atoms in total. The van der Waals surface area contributed by atoms with E-state index in [1.54, 1.807) is 19.0 Å². The molecular formula is C14H23N3O. The third-order valence-corrected chi connectivity index (χ3v) is 2.82. The molecule has 1 aromatic rings. The zero-order valence-corrected chi connectivity index (χ0v) is 11.5. The van der Waals surface area contributed by atoms with Gasteiger partial charge >= 0.3 is 0 Å². The molecular weight excluding hydrogens is 226 g/mol. The van der Waals surface area contributed by atoms with Crippen molar-refractivity contribution in [2.24, 2.45) is 0 Å². The highest BCUT2D eigenvalue weighted by atomic mass is 16.2. The van der Waals surface area contributed by atoms with E-state index < -0.39 is 0 Å². The van der Waals surface area contributed by atoms with Crippen LogP contribution in [0.5, 0.6) is 0 Å². The van der Waals surface area contributed by atoms with Crippen LogP contribution >= 0.6 is 0 Å². The molecule has 0 unspecified atom stereocenters. The third-order valence-electron chi connectivity index (χ3n) is 2.82. The van der Waals surface area contributed by atoms with Crippen molar-refractivity contribution in [1.29, 1.82) is 0 Å². The average molecular weight is 249 g/mol. The summed E-state index contributed by atoms with van der Waals surface area (Å²) in [6, 6.07) is 7.81. The Morgan fingerprint density at radius 3 is 2.56 bits per heavy atom. The highest BCUT2D eigenvalue weighted by Crippen LogP contribution is 2.18. The van der Waals surface area contributed by atoms with Gasteiger partial charge in [-0.2, -0.15) is 0 Å². The average Bonchev–Trinajstić information content (AvgIpc) is 2.33. The van der Waals surface area contributed by atoms with Gasteiger partial charge in [-0.3, -0.25) is 4.79 Å². The lowest BCUT2D eigenvalue weighted by Crippen LogP contribution is -2.31. The number of rotatable bonds is 6. The fraction of sp³-hybridized carbons (Fsp3) is 0.500. The summed E-state index contributed by atoms with van der Waals surface area (Å²) in [6.45, 7) is 3.80. The highest BCUT2D eigenvalue weighted by molar-refractivity contribution is 5.76. The predicted molar refractivity (Wildman–Crippen MR) is 76.7 cm³/mol. The van der Waals surface area contributed by atoms with Crippen LogP contribution in [-0.4, -0.2) is 38.0 Å². The number of hydrogen-bond acceptors (Lipinski definition) is 3. The van der Waals surface area contributed by atoms with E-state index in [0.717, 1.165) is 30.9 Å². The molecule has 0 saturated carbocycles. The topological polar surface area (TPSA) is 49.6 Å². The molecule has 0 radical (unpaired) electrons. The Kier molecular flexibility index (Phi) is 5.49. The monoisotopic (exact) mass is 249 g/mol. The largest absolute Gasteiger partial charge is 0.399 e. The van der Waals surface area contributed by atoms with Crippen molar-refractivity contribution in [1.82, 2.24) is 4.90 Å². The normalized spacial score (nSPS) is 10.2. The fourth-order valence-electron chi connectivity index (χ4n) is 1.82. The van der Waals surface area contributed by atoms with Crippen molar-refractivity contribution < 1.29 is 4.79 Å². The summed E-state index contributed by atoms with van der Waals surface area (Å²) < 4.78 is 0. The fourth-order valence-corrected chi connectivity index (χ4v) is 1.82. The molecule has 100 valence electrons. The molecule has 0 aromatic heterocycles. The Morgan fingerprint density at radius 2 is 2.00 bits per heavy atom. The second-order valence-corrected chi connectivity index (χ2v) is 4.62. The Balaban J connectivity index is 2.68. The minimum absolute atomic E-state index is 0.153. The van der Waals surface area contributed by atoms with E-state index in [1.165, 1.54) is 0 Å². The van der Waals surface area contributed by atoms with Gasteiger partial charge in [0.25, 0.3) is 0 Å². The number of nitrogens with two attached hydrogens (primary N) is 1. The Hall–Kier alpha value is -1.71. The van der Waals surface area contributed by atoms with Crippen molar-refractivity contribution in [3.05, 3.63) is 24.3 Å². The van der Waals surface area contributed by atoms with Gasteiger partial charge in [-0.25, -0.2) is 0 Å². The molecule has 0 saturated heterocycles. The van der Waals surface area contributed by atoms with Gasteiger partial charge < -0.3 is 15.5 Å². The van der Waals surface area contributed by atoms with Gasteiger partial charge in [0.05, 0.1) is 0 Å². The standard InChI is InChI=1S/C14H23N3O/c1-4-9-17(10-8-14(18)16(2)3)13-7-5-6-12(15)11-13/h5-7,11H,4,8-10,15H2,1-3H3. The van der Waals surface area contributed by atoms with E-state index in [9.17, 15) is 4.79 Å². The Labute approximate surface area is 109 Å². The smallest absolute Gasteiger partial charge is 0.223 e. The second kappa shape index (κ2) is 6.89. The van der Waals surface area contributed by atoms with E-state index in [4.69, 9.17) is 5.73 Å². The zero-order chi connectivity index (χ0) is 13.5. The zero-order valence-electron chi connectivity index (χ0n) is 11.5. The van der Waals surface area contributed by atoms with Crippen LogP contribution in [0.2, 0.25) is 0 Å². The van der Waals surface area contributed by atoms with Gasteiger partial charge in [-0.05, 0) is 24.6 Å². The lowest BCUT2D eigenvalue weighted by Gasteiger charge is -2.25. The number of anilines is 2. The van der Waals surface area contributed by atoms with Gasteiger partial charge in [-0.15, -0.1) is 0 Å². The van der Waals surface area contributed by atoms with Crippen LogP contribution in [-0.2, 0) is 4.79 Å². The quantitative estimate of drug-likeness (QED) is 0.784. The van der Waals surface area contributed by atoms with E-state index >= 15 is 0 Å². The number of carbonyl (C=O) groups is 1. The van der Waals surface area contributed by atoms with Crippen LogP contribution in [0.15, 0.2) is 24.3 Å². The molecule has 18 heavy (non-hydrogen) atoms. The minimum Gasteiger partial charge on any atom is -0.399 e. The Bertz CT molecular complexity index is 390. The summed E-state index contributed by atoms with van der Waals surface area (Å²) >= 11 is 0. The number of nitrogens with zero attached hydrogens (tertiary/aromatic N) is 2. The summed E-state index contributed by atoms with van der Waals surface area (Å²) in [5.74, 6) is 0.153. The Morgan fingerprint density at radius 1 is 1.28 bits per heavy atom. The van der Waals surface area contributed by atoms with Gasteiger partial charge in [0.2, 0.25) is 5.91 Å². The minimum atomic E-state index is 0.153. The van der Waals surface area contributed by atoms with Crippen molar-refractivity contribution in [3.63, 3.8) is 0 Å². The molecule has 0 aliphatic rings. The van der Waals surface area contributed by atoms with Crippen LogP contribution in [0.1, 0.15) is 19.8 Å². The maximum atomic E-state index is 11.6. The maximum Gasteiger partial charge on any atom is 0.223 e. The first-order valence-corrected chi connectivity index (χ1v) is 6.35. The number of amides is 1. The van der Waals surface area contributed by atoms with Gasteiger partial charge in [0.15, 0.2) is 0 Å². The third kappa shape index (κ3) is 4.28. The molecule has 0 heterocycles. The lowest BCUT2D eigenvalue weighted by atomic mass is 10.2. The molecule has 1 rings (SSSR count). The number of hydrogen-bond donors (Lipinski definition) is 1. The van der Waals surface area contributed by atoms with Gasteiger partial charge in [-0.1, -0.05) is 13.0 Å².